The standard InChI is InChI=1S/C16H20O5/c1-3-20-15(19)16(2,14(17)18)8-6-11-4-5-13-12(10-11)7-9-21-13/h4-5,10H,3,6-9H2,1-2H3,(H,17,18). The Balaban J connectivity index is 2.08. The summed E-state index contributed by atoms with van der Waals surface area (Å²) in [5.41, 5.74) is 0.641. The second-order valence-corrected chi connectivity index (χ2v) is 5.40. The van der Waals surface area contributed by atoms with Gasteiger partial charge in [0, 0.05) is 6.42 Å². The normalized spacial score (nSPS) is 15.7. The summed E-state index contributed by atoms with van der Waals surface area (Å²) in [5.74, 6) is -0.933. The van der Waals surface area contributed by atoms with Gasteiger partial charge in [-0.05, 0) is 43.9 Å². The molecule has 0 saturated heterocycles. The molecule has 1 heterocycles. The van der Waals surface area contributed by atoms with Crippen LogP contribution in [0.25, 0.3) is 0 Å². The van der Waals surface area contributed by atoms with Crippen LogP contribution < -0.4 is 4.74 Å². The molecular formula is C16H20O5. The number of aryl methyl sites for hydroxylation is 1. The second kappa shape index (κ2) is 6.16. The van der Waals surface area contributed by atoms with E-state index in [-0.39, 0.29) is 13.0 Å². The average Bonchev–Trinajstić information content (AvgIpc) is 2.92. The first-order chi connectivity index (χ1) is 9.97. The van der Waals surface area contributed by atoms with E-state index in [1.165, 1.54) is 6.92 Å². The van der Waals surface area contributed by atoms with Gasteiger partial charge < -0.3 is 14.6 Å². The molecule has 114 valence electrons. The Morgan fingerprint density at radius 1 is 1.43 bits per heavy atom. The number of carboxylic acid groups (broad SMARTS) is 1. The Hall–Kier alpha value is -2.04. The van der Waals surface area contributed by atoms with Gasteiger partial charge in [0.05, 0.1) is 13.2 Å². The summed E-state index contributed by atoms with van der Waals surface area (Å²) in [6.07, 6.45) is 1.59. The fraction of sp³-hybridized carbons (Fsp3) is 0.500. The minimum absolute atomic E-state index is 0.178. The first-order valence-electron chi connectivity index (χ1n) is 7.12. The van der Waals surface area contributed by atoms with E-state index in [4.69, 9.17) is 9.47 Å². The van der Waals surface area contributed by atoms with Crippen molar-refractivity contribution in [3.63, 3.8) is 0 Å². The Morgan fingerprint density at radius 3 is 2.86 bits per heavy atom. The zero-order valence-electron chi connectivity index (χ0n) is 12.3. The van der Waals surface area contributed by atoms with E-state index in [2.05, 4.69) is 0 Å². The number of hydrogen-bond donors (Lipinski definition) is 1. The second-order valence-electron chi connectivity index (χ2n) is 5.40. The molecule has 0 aromatic heterocycles. The Morgan fingerprint density at radius 2 is 2.19 bits per heavy atom. The lowest BCUT2D eigenvalue weighted by atomic mass is 9.84. The molecule has 0 aliphatic carbocycles. The number of hydrogen-bond acceptors (Lipinski definition) is 4. The van der Waals surface area contributed by atoms with Crippen molar-refractivity contribution >= 4 is 11.9 Å². The maximum Gasteiger partial charge on any atom is 0.323 e. The highest BCUT2D eigenvalue weighted by Gasteiger charge is 2.42. The Bertz CT molecular complexity index is 552. The van der Waals surface area contributed by atoms with Crippen LogP contribution in [0.15, 0.2) is 18.2 Å². The quantitative estimate of drug-likeness (QED) is 0.643. The molecule has 1 unspecified atom stereocenters. The molecule has 21 heavy (non-hydrogen) atoms. The van der Waals surface area contributed by atoms with E-state index < -0.39 is 17.4 Å². The largest absolute Gasteiger partial charge is 0.493 e. The van der Waals surface area contributed by atoms with Crippen LogP contribution in [-0.2, 0) is 27.2 Å². The van der Waals surface area contributed by atoms with Gasteiger partial charge >= 0.3 is 11.9 Å². The predicted octanol–water partition coefficient (Wildman–Crippen LogP) is 2.21. The summed E-state index contributed by atoms with van der Waals surface area (Å²) in [7, 11) is 0. The van der Waals surface area contributed by atoms with E-state index in [9.17, 15) is 14.7 Å². The maximum atomic E-state index is 11.9. The number of ether oxygens (including phenoxy) is 2. The van der Waals surface area contributed by atoms with Gasteiger partial charge in [-0.25, -0.2) is 0 Å². The van der Waals surface area contributed by atoms with Crippen LogP contribution in [-0.4, -0.2) is 30.3 Å². The van der Waals surface area contributed by atoms with E-state index >= 15 is 0 Å². The van der Waals surface area contributed by atoms with E-state index in [0.717, 1.165) is 23.3 Å². The summed E-state index contributed by atoms with van der Waals surface area (Å²) in [4.78, 5) is 23.3. The van der Waals surface area contributed by atoms with Gasteiger partial charge in [-0.1, -0.05) is 12.1 Å². The number of carbonyl (C=O) groups excluding carboxylic acids is 1. The number of benzene rings is 1. The van der Waals surface area contributed by atoms with Crippen LogP contribution in [0.5, 0.6) is 5.75 Å². The third-order valence-electron chi connectivity index (χ3n) is 3.87. The fourth-order valence-corrected chi connectivity index (χ4v) is 2.38. The topological polar surface area (TPSA) is 72.8 Å². The molecule has 0 fully saturated rings. The molecule has 1 aromatic rings. The van der Waals surface area contributed by atoms with Crippen LogP contribution in [0.3, 0.4) is 0 Å². The molecule has 5 heteroatoms. The van der Waals surface area contributed by atoms with Crippen LogP contribution in [0.1, 0.15) is 31.4 Å². The molecule has 1 N–H and O–H groups in total. The molecule has 1 aliphatic heterocycles. The highest BCUT2D eigenvalue weighted by molar-refractivity contribution is 5.98. The van der Waals surface area contributed by atoms with Crippen molar-refractivity contribution in [2.75, 3.05) is 13.2 Å². The van der Waals surface area contributed by atoms with Crippen LogP contribution in [0.2, 0.25) is 0 Å². The molecule has 1 atom stereocenters. The molecule has 1 aromatic carbocycles. The SMILES string of the molecule is CCOC(=O)C(C)(CCc1ccc2c(c1)CCO2)C(=O)O. The van der Waals surface area contributed by atoms with Crippen LogP contribution in [0, 0.1) is 5.41 Å². The van der Waals surface area contributed by atoms with Crippen molar-refractivity contribution in [2.24, 2.45) is 5.41 Å². The highest BCUT2D eigenvalue weighted by Crippen LogP contribution is 2.29. The van der Waals surface area contributed by atoms with Crippen molar-refractivity contribution in [3.05, 3.63) is 29.3 Å². The van der Waals surface area contributed by atoms with Crippen molar-refractivity contribution in [1.29, 1.82) is 0 Å². The number of rotatable bonds is 6. The minimum Gasteiger partial charge on any atom is -0.493 e. The van der Waals surface area contributed by atoms with Crippen molar-refractivity contribution in [1.82, 2.24) is 0 Å². The summed E-state index contributed by atoms with van der Waals surface area (Å²) in [6.45, 7) is 3.96. The van der Waals surface area contributed by atoms with Crippen LogP contribution in [0.4, 0.5) is 0 Å². The van der Waals surface area contributed by atoms with Gasteiger partial charge in [-0.3, -0.25) is 9.59 Å². The van der Waals surface area contributed by atoms with Gasteiger partial charge in [0.1, 0.15) is 5.75 Å². The van der Waals surface area contributed by atoms with Gasteiger partial charge in [-0.2, -0.15) is 0 Å². The molecule has 2 rings (SSSR count). The molecule has 5 nitrogen and oxygen atoms in total. The van der Waals surface area contributed by atoms with Crippen molar-refractivity contribution in [3.8, 4) is 5.75 Å². The summed E-state index contributed by atoms with van der Waals surface area (Å²) < 4.78 is 10.3. The number of aliphatic carboxylic acids is 1. The molecule has 0 saturated carbocycles. The average molecular weight is 292 g/mol. The summed E-state index contributed by atoms with van der Waals surface area (Å²) in [6, 6.07) is 5.84. The zero-order valence-corrected chi connectivity index (χ0v) is 12.3. The van der Waals surface area contributed by atoms with Crippen LogP contribution >= 0.6 is 0 Å². The Labute approximate surface area is 123 Å². The van der Waals surface area contributed by atoms with Gasteiger partial charge in [0.15, 0.2) is 5.41 Å². The van der Waals surface area contributed by atoms with Crippen molar-refractivity contribution < 1.29 is 24.2 Å². The maximum absolute atomic E-state index is 11.9. The third kappa shape index (κ3) is 3.17. The van der Waals surface area contributed by atoms with Crippen molar-refractivity contribution in [2.45, 2.75) is 33.1 Å². The first kappa shape index (κ1) is 15.4. The lowest BCUT2D eigenvalue weighted by molar-refractivity contribution is -0.167. The smallest absolute Gasteiger partial charge is 0.323 e. The first-order valence-corrected chi connectivity index (χ1v) is 7.12. The number of carboxylic acids is 1. The van der Waals surface area contributed by atoms with Gasteiger partial charge in [-0.15, -0.1) is 0 Å². The fourth-order valence-electron chi connectivity index (χ4n) is 2.38. The molecule has 0 radical (unpaired) electrons. The molecule has 0 bridgehead atoms. The lowest BCUT2D eigenvalue weighted by Crippen LogP contribution is -2.38. The number of carbonyl (C=O) groups is 2. The summed E-state index contributed by atoms with van der Waals surface area (Å²) >= 11 is 0. The van der Waals surface area contributed by atoms with E-state index in [1.807, 2.05) is 18.2 Å². The van der Waals surface area contributed by atoms with E-state index in [0.29, 0.717) is 13.0 Å². The molecule has 0 amide bonds. The Kier molecular flexibility index (Phi) is 4.50. The summed E-state index contributed by atoms with van der Waals surface area (Å²) in [5, 5.41) is 9.34. The molecule has 1 aliphatic rings. The van der Waals surface area contributed by atoms with Gasteiger partial charge in [0.25, 0.3) is 0 Å². The number of fused-ring (bicyclic) bond motifs is 1. The van der Waals surface area contributed by atoms with Gasteiger partial charge in [0.2, 0.25) is 0 Å². The lowest BCUT2D eigenvalue weighted by Gasteiger charge is -2.22. The molecular weight excluding hydrogens is 272 g/mol. The molecule has 0 spiro atoms. The zero-order chi connectivity index (χ0) is 15.5. The highest BCUT2D eigenvalue weighted by atomic mass is 16.5. The van der Waals surface area contributed by atoms with E-state index in [1.54, 1.807) is 6.92 Å². The monoisotopic (exact) mass is 292 g/mol. The minimum atomic E-state index is -1.51. The third-order valence-corrected chi connectivity index (χ3v) is 3.87. The predicted molar refractivity (Wildman–Crippen MR) is 76.3 cm³/mol. The number of esters is 1.